The largest absolute Gasteiger partial charge is 0.342 e. The summed E-state index contributed by atoms with van der Waals surface area (Å²) in [5.41, 5.74) is 2.48. The zero-order valence-electron chi connectivity index (χ0n) is 13.8. The summed E-state index contributed by atoms with van der Waals surface area (Å²) in [5.74, 6) is -0.0466. The molecule has 1 fully saturated rings. The molecule has 3 aromatic rings. The molecule has 1 saturated heterocycles. The third-order valence-corrected chi connectivity index (χ3v) is 4.76. The maximum absolute atomic E-state index is 13.3. The zero-order chi connectivity index (χ0) is 17.2. The molecular formula is C19H19FN4O. The summed E-state index contributed by atoms with van der Waals surface area (Å²) < 4.78 is 13.3. The topological polar surface area (TPSA) is 61.9 Å². The number of benzene rings is 1. The fourth-order valence-electron chi connectivity index (χ4n) is 3.45. The number of carbonyl (C=O) groups excluding carboxylic acids is 1. The van der Waals surface area contributed by atoms with Gasteiger partial charge in [-0.25, -0.2) is 9.37 Å². The van der Waals surface area contributed by atoms with Gasteiger partial charge in [0.25, 0.3) is 0 Å². The summed E-state index contributed by atoms with van der Waals surface area (Å²) >= 11 is 0. The van der Waals surface area contributed by atoms with Crippen LogP contribution in [0.25, 0.3) is 11.0 Å². The van der Waals surface area contributed by atoms with Gasteiger partial charge in [-0.15, -0.1) is 0 Å². The molecule has 4 rings (SSSR count). The first-order chi connectivity index (χ1) is 12.2. The quantitative estimate of drug-likeness (QED) is 0.798. The minimum absolute atomic E-state index is 0.0397. The molecule has 1 N–H and O–H groups in total. The summed E-state index contributed by atoms with van der Waals surface area (Å²) in [6.45, 7) is 1.40. The molecule has 1 unspecified atom stereocenters. The number of likely N-dealkylation sites (tertiary alicyclic amines) is 1. The number of carbonyl (C=O) groups is 1. The Labute approximate surface area is 144 Å². The Kier molecular flexibility index (Phi) is 4.17. The van der Waals surface area contributed by atoms with Crippen LogP contribution in [0.2, 0.25) is 0 Å². The molecule has 3 heterocycles. The van der Waals surface area contributed by atoms with Crippen LogP contribution >= 0.6 is 0 Å². The SMILES string of the molecule is O=C(Cc1cccc(F)c1)N1CCCC(c2ccc3cn[nH]c3n2)C1. The first kappa shape index (κ1) is 15.7. The van der Waals surface area contributed by atoms with Crippen molar-refractivity contribution >= 4 is 16.9 Å². The van der Waals surface area contributed by atoms with Crippen LogP contribution in [0.5, 0.6) is 0 Å². The number of halogens is 1. The number of amides is 1. The molecule has 128 valence electrons. The fourth-order valence-corrected chi connectivity index (χ4v) is 3.45. The van der Waals surface area contributed by atoms with Gasteiger partial charge < -0.3 is 4.90 Å². The minimum Gasteiger partial charge on any atom is -0.342 e. The van der Waals surface area contributed by atoms with Crippen molar-refractivity contribution in [3.63, 3.8) is 0 Å². The number of pyridine rings is 1. The molecule has 6 heteroatoms. The van der Waals surface area contributed by atoms with Crippen molar-refractivity contribution in [2.24, 2.45) is 0 Å². The van der Waals surface area contributed by atoms with Gasteiger partial charge in [-0.2, -0.15) is 5.10 Å². The van der Waals surface area contributed by atoms with Crippen LogP contribution in [-0.2, 0) is 11.2 Å². The Hall–Kier alpha value is -2.76. The van der Waals surface area contributed by atoms with Crippen molar-refractivity contribution in [3.8, 4) is 0 Å². The normalized spacial score (nSPS) is 17.8. The summed E-state index contributed by atoms with van der Waals surface area (Å²) in [5, 5.41) is 7.88. The Morgan fingerprint density at radius 2 is 2.24 bits per heavy atom. The lowest BCUT2D eigenvalue weighted by molar-refractivity contribution is -0.131. The average molecular weight is 338 g/mol. The van der Waals surface area contributed by atoms with Gasteiger partial charge in [0.05, 0.1) is 12.6 Å². The van der Waals surface area contributed by atoms with Crippen LogP contribution in [0.4, 0.5) is 4.39 Å². The minimum atomic E-state index is -0.307. The summed E-state index contributed by atoms with van der Waals surface area (Å²) in [6, 6.07) is 10.3. The molecule has 0 bridgehead atoms. The van der Waals surface area contributed by atoms with Crippen molar-refractivity contribution in [3.05, 3.63) is 59.7 Å². The molecule has 1 aromatic carbocycles. The maximum atomic E-state index is 13.3. The van der Waals surface area contributed by atoms with Gasteiger partial charge in [0.2, 0.25) is 5.91 Å². The van der Waals surface area contributed by atoms with Crippen LogP contribution in [0.3, 0.4) is 0 Å². The molecule has 0 spiro atoms. The lowest BCUT2D eigenvalue weighted by Crippen LogP contribution is -2.40. The van der Waals surface area contributed by atoms with E-state index in [2.05, 4.69) is 15.2 Å². The Morgan fingerprint density at radius 1 is 1.32 bits per heavy atom. The highest BCUT2D eigenvalue weighted by atomic mass is 19.1. The smallest absolute Gasteiger partial charge is 0.227 e. The Balaban J connectivity index is 1.47. The van der Waals surface area contributed by atoms with Gasteiger partial charge in [-0.3, -0.25) is 9.89 Å². The summed E-state index contributed by atoms with van der Waals surface area (Å²) in [7, 11) is 0. The average Bonchev–Trinajstić information content (AvgIpc) is 3.09. The number of rotatable bonds is 3. The molecule has 0 radical (unpaired) electrons. The molecule has 5 nitrogen and oxygen atoms in total. The second kappa shape index (κ2) is 6.63. The fraction of sp³-hybridized carbons (Fsp3) is 0.316. The molecule has 1 aliphatic rings. The molecule has 1 atom stereocenters. The Morgan fingerprint density at radius 3 is 3.12 bits per heavy atom. The van der Waals surface area contributed by atoms with E-state index in [-0.39, 0.29) is 24.1 Å². The first-order valence-electron chi connectivity index (χ1n) is 8.51. The van der Waals surface area contributed by atoms with Gasteiger partial charge in [-0.05, 0) is 42.7 Å². The number of nitrogens with zero attached hydrogens (tertiary/aromatic N) is 3. The highest BCUT2D eigenvalue weighted by Gasteiger charge is 2.25. The van der Waals surface area contributed by atoms with E-state index < -0.39 is 0 Å². The summed E-state index contributed by atoms with van der Waals surface area (Å²) in [4.78, 5) is 19.1. The van der Waals surface area contributed by atoms with Crippen LogP contribution in [0.15, 0.2) is 42.6 Å². The van der Waals surface area contributed by atoms with Gasteiger partial charge in [-0.1, -0.05) is 12.1 Å². The standard InChI is InChI=1S/C19H19FN4O/c20-16-5-1-3-13(9-16)10-18(25)24-8-2-4-15(12-24)17-7-6-14-11-21-23-19(14)22-17/h1,3,5-7,9,11,15H,2,4,8,10,12H2,(H,21,22,23). The predicted octanol–water partition coefficient (Wildman–Crippen LogP) is 3.05. The third-order valence-electron chi connectivity index (χ3n) is 4.76. The van der Waals surface area contributed by atoms with Gasteiger partial charge in [0, 0.05) is 30.1 Å². The number of H-pyrrole nitrogens is 1. The number of hydrogen-bond donors (Lipinski definition) is 1. The van der Waals surface area contributed by atoms with Gasteiger partial charge in [0.1, 0.15) is 5.82 Å². The number of nitrogens with one attached hydrogen (secondary N) is 1. The number of aromatic nitrogens is 3. The van der Waals surface area contributed by atoms with E-state index in [1.54, 1.807) is 18.3 Å². The monoisotopic (exact) mass is 338 g/mol. The molecule has 0 aliphatic carbocycles. The number of aromatic amines is 1. The first-order valence-corrected chi connectivity index (χ1v) is 8.51. The third kappa shape index (κ3) is 3.38. The lowest BCUT2D eigenvalue weighted by atomic mass is 9.93. The van der Waals surface area contributed by atoms with Crippen molar-refractivity contribution in [1.29, 1.82) is 0 Å². The van der Waals surface area contributed by atoms with Gasteiger partial charge >= 0.3 is 0 Å². The molecule has 1 amide bonds. The molecule has 1 aliphatic heterocycles. The van der Waals surface area contributed by atoms with Crippen molar-refractivity contribution in [1.82, 2.24) is 20.1 Å². The van der Waals surface area contributed by atoms with Crippen LogP contribution < -0.4 is 0 Å². The van der Waals surface area contributed by atoms with E-state index in [1.807, 2.05) is 17.0 Å². The second-order valence-electron chi connectivity index (χ2n) is 6.53. The zero-order valence-corrected chi connectivity index (χ0v) is 13.8. The number of fused-ring (bicyclic) bond motifs is 1. The maximum Gasteiger partial charge on any atom is 0.227 e. The van der Waals surface area contributed by atoms with E-state index in [0.717, 1.165) is 36.1 Å². The van der Waals surface area contributed by atoms with Crippen LogP contribution in [0.1, 0.15) is 30.0 Å². The van der Waals surface area contributed by atoms with E-state index in [0.29, 0.717) is 12.1 Å². The van der Waals surface area contributed by atoms with Crippen molar-refractivity contribution in [2.75, 3.05) is 13.1 Å². The van der Waals surface area contributed by atoms with E-state index in [4.69, 9.17) is 0 Å². The highest BCUT2D eigenvalue weighted by Crippen LogP contribution is 2.27. The molecular weight excluding hydrogens is 319 g/mol. The second-order valence-corrected chi connectivity index (χ2v) is 6.53. The number of piperidine rings is 1. The molecule has 2 aromatic heterocycles. The molecule has 25 heavy (non-hydrogen) atoms. The van der Waals surface area contributed by atoms with E-state index in [1.165, 1.54) is 12.1 Å². The van der Waals surface area contributed by atoms with Crippen molar-refractivity contribution < 1.29 is 9.18 Å². The van der Waals surface area contributed by atoms with E-state index >= 15 is 0 Å². The lowest BCUT2D eigenvalue weighted by Gasteiger charge is -2.32. The Bertz CT molecular complexity index is 907. The molecule has 0 saturated carbocycles. The number of hydrogen-bond acceptors (Lipinski definition) is 3. The predicted molar refractivity (Wildman–Crippen MR) is 92.5 cm³/mol. The van der Waals surface area contributed by atoms with Crippen molar-refractivity contribution in [2.45, 2.75) is 25.2 Å². The van der Waals surface area contributed by atoms with E-state index in [9.17, 15) is 9.18 Å². The highest BCUT2D eigenvalue weighted by molar-refractivity contribution is 5.79. The van der Waals surface area contributed by atoms with Crippen LogP contribution in [0, 0.1) is 5.82 Å². The summed E-state index contributed by atoms with van der Waals surface area (Å²) in [6.07, 6.45) is 3.94. The van der Waals surface area contributed by atoms with Gasteiger partial charge in [0.15, 0.2) is 5.65 Å². The van der Waals surface area contributed by atoms with Crippen LogP contribution in [-0.4, -0.2) is 39.1 Å².